The molecule has 0 aliphatic carbocycles. The molecule has 0 bridgehead atoms. The zero-order valence-corrected chi connectivity index (χ0v) is 13.1. The van der Waals surface area contributed by atoms with E-state index < -0.39 is 0 Å². The maximum Gasteiger partial charge on any atom is 0.142 e. The van der Waals surface area contributed by atoms with E-state index in [-0.39, 0.29) is 19.3 Å². The molecule has 0 atom stereocenters. The van der Waals surface area contributed by atoms with Gasteiger partial charge in [-0.05, 0) is 50.9 Å². The molecule has 0 fully saturated rings. The van der Waals surface area contributed by atoms with Crippen LogP contribution < -0.4 is 10.5 Å². The Bertz CT molecular complexity index is 405. The van der Waals surface area contributed by atoms with Gasteiger partial charge in [0.05, 0.1) is 25.0 Å². The number of nitrogens with two attached hydrogens (primary N) is 1. The average Bonchev–Trinajstić information content (AvgIpc) is 2.42. The molecular weight excluding hydrogens is 268 g/mol. The number of benzene rings is 1. The highest BCUT2D eigenvalue weighted by atomic mass is 16.5. The van der Waals surface area contributed by atoms with E-state index in [1.807, 2.05) is 32.0 Å². The van der Waals surface area contributed by atoms with Crippen molar-refractivity contribution in [1.82, 2.24) is 4.90 Å². The molecule has 0 aliphatic heterocycles. The number of nitrogens with zero attached hydrogens (tertiary/aromatic N) is 1. The molecule has 0 spiro atoms. The summed E-state index contributed by atoms with van der Waals surface area (Å²) in [5.74, 6) is 0.732. The van der Waals surface area contributed by atoms with E-state index in [0.717, 1.165) is 25.1 Å². The molecule has 0 amide bonds. The fourth-order valence-electron chi connectivity index (χ4n) is 2.24. The zero-order valence-electron chi connectivity index (χ0n) is 13.1. The third-order valence-electron chi connectivity index (χ3n) is 3.21. The van der Waals surface area contributed by atoms with Crippen LogP contribution in [0.2, 0.25) is 0 Å². The number of hydrogen-bond acceptors (Lipinski definition) is 5. The van der Waals surface area contributed by atoms with E-state index in [1.165, 1.54) is 5.56 Å². The standard InChI is InChI=1S/C16H28N2O3/c1-13(2)21-16-6-5-14(12-15(16)17)4-3-7-18(8-10-19)9-11-20/h5-6,12-13,19-20H,3-4,7-11,17H2,1-2H3. The van der Waals surface area contributed by atoms with Crippen molar-refractivity contribution in [2.45, 2.75) is 32.8 Å². The van der Waals surface area contributed by atoms with E-state index in [0.29, 0.717) is 18.8 Å². The summed E-state index contributed by atoms with van der Waals surface area (Å²) in [6, 6.07) is 5.92. The fourth-order valence-corrected chi connectivity index (χ4v) is 2.24. The molecule has 0 aliphatic rings. The maximum absolute atomic E-state index is 8.96. The summed E-state index contributed by atoms with van der Waals surface area (Å²) in [6.45, 7) is 6.25. The normalized spacial score (nSPS) is 11.3. The summed E-state index contributed by atoms with van der Waals surface area (Å²) in [7, 11) is 0. The van der Waals surface area contributed by atoms with Crippen LogP contribution in [-0.2, 0) is 6.42 Å². The van der Waals surface area contributed by atoms with Crippen molar-refractivity contribution < 1.29 is 14.9 Å². The lowest BCUT2D eigenvalue weighted by molar-refractivity contribution is 0.160. The molecule has 0 saturated carbocycles. The lowest BCUT2D eigenvalue weighted by Crippen LogP contribution is -2.31. The van der Waals surface area contributed by atoms with Crippen LogP contribution in [0.5, 0.6) is 5.75 Å². The molecule has 1 aromatic rings. The highest BCUT2D eigenvalue weighted by Crippen LogP contribution is 2.24. The Hall–Kier alpha value is -1.30. The monoisotopic (exact) mass is 296 g/mol. The van der Waals surface area contributed by atoms with Crippen LogP contribution in [0, 0.1) is 0 Å². The first-order chi connectivity index (χ1) is 10.1. The molecule has 120 valence electrons. The topological polar surface area (TPSA) is 79.0 Å². The SMILES string of the molecule is CC(C)Oc1ccc(CCCN(CCO)CCO)cc1N. The Morgan fingerprint density at radius 2 is 1.81 bits per heavy atom. The van der Waals surface area contributed by atoms with Crippen LogP contribution in [-0.4, -0.2) is 54.1 Å². The number of hydrogen-bond donors (Lipinski definition) is 3. The molecule has 0 heterocycles. The van der Waals surface area contributed by atoms with Gasteiger partial charge in [-0.15, -0.1) is 0 Å². The van der Waals surface area contributed by atoms with Crippen LogP contribution in [0.15, 0.2) is 18.2 Å². The van der Waals surface area contributed by atoms with E-state index in [4.69, 9.17) is 20.7 Å². The first kappa shape index (κ1) is 17.8. The molecule has 21 heavy (non-hydrogen) atoms. The predicted octanol–water partition coefficient (Wildman–Crippen LogP) is 1.28. The molecule has 0 aromatic heterocycles. The third kappa shape index (κ3) is 6.80. The van der Waals surface area contributed by atoms with Gasteiger partial charge in [0.25, 0.3) is 0 Å². The molecule has 5 heteroatoms. The Morgan fingerprint density at radius 3 is 2.33 bits per heavy atom. The van der Waals surface area contributed by atoms with Gasteiger partial charge in [0.15, 0.2) is 0 Å². The largest absolute Gasteiger partial charge is 0.489 e. The summed E-state index contributed by atoms with van der Waals surface area (Å²) < 4.78 is 5.62. The summed E-state index contributed by atoms with van der Waals surface area (Å²) in [4.78, 5) is 2.06. The van der Waals surface area contributed by atoms with Crippen LogP contribution in [0.25, 0.3) is 0 Å². The van der Waals surface area contributed by atoms with E-state index >= 15 is 0 Å². The number of anilines is 1. The zero-order chi connectivity index (χ0) is 15.7. The van der Waals surface area contributed by atoms with Crippen molar-refractivity contribution in [3.05, 3.63) is 23.8 Å². The second-order valence-electron chi connectivity index (χ2n) is 5.43. The van der Waals surface area contributed by atoms with Gasteiger partial charge < -0.3 is 20.7 Å². The molecule has 5 nitrogen and oxygen atoms in total. The first-order valence-corrected chi connectivity index (χ1v) is 7.56. The molecule has 0 saturated heterocycles. The van der Waals surface area contributed by atoms with Gasteiger partial charge >= 0.3 is 0 Å². The Labute approximate surface area is 127 Å². The van der Waals surface area contributed by atoms with Crippen molar-refractivity contribution in [3.63, 3.8) is 0 Å². The van der Waals surface area contributed by atoms with Gasteiger partial charge in [-0.1, -0.05) is 6.07 Å². The van der Waals surface area contributed by atoms with Crippen molar-refractivity contribution in [2.24, 2.45) is 0 Å². The van der Waals surface area contributed by atoms with Crippen LogP contribution in [0.3, 0.4) is 0 Å². The van der Waals surface area contributed by atoms with Gasteiger partial charge in [0, 0.05) is 13.1 Å². The number of aliphatic hydroxyl groups excluding tert-OH is 2. The minimum absolute atomic E-state index is 0.115. The summed E-state index contributed by atoms with van der Waals surface area (Å²) in [5, 5.41) is 17.9. The number of aliphatic hydroxyl groups is 2. The molecule has 0 unspecified atom stereocenters. The highest BCUT2D eigenvalue weighted by Gasteiger charge is 2.06. The number of rotatable bonds is 10. The lowest BCUT2D eigenvalue weighted by Gasteiger charge is -2.20. The van der Waals surface area contributed by atoms with Crippen LogP contribution >= 0.6 is 0 Å². The van der Waals surface area contributed by atoms with E-state index in [9.17, 15) is 0 Å². The van der Waals surface area contributed by atoms with Gasteiger partial charge in [0.1, 0.15) is 5.75 Å². The Kier molecular flexibility index (Phi) is 8.12. The van der Waals surface area contributed by atoms with Gasteiger partial charge in [-0.25, -0.2) is 0 Å². The third-order valence-corrected chi connectivity index (χ3v) is 3.21. The first-order valence-electron chi connectivity index (χ1n) is 7.56. The van der Waals surface area contributed by atoms with Crippen molar-refractivity contribution in [1.29, 1.82) is 0 Å². The Balaban J connectivity index is 2.46. The molecule has 0 radical (unpaired) electrons. The minimum atomic E-state index is 0.115. The number of nitrogen functional groups attached to an aromatic ring is 1. The average molecular weight is 296 g/mol. The summed E-state index contributed by atoms with van der Waals surface area (Å²) >= 11 is 0. The molecule has 1 rings (SSSR count). The quantitative estimate of drug-likeness (QED) is 0.567. The van der Waals surface area contributed by atoms with E-state index in [1.54, 1.807) is 0 Å². The summed E-state index contributed by atoms with van der Waals surface area (Å²) in [5.41, 5.74) is 7.84. The predicted molar refractivity (Wildman–Crippen MR) is 85.6 cm³/mol. The maximum atomic E-state index is 8.96. The van der Waals surface area contributed by atoms with Crippen LogP contribution in [0.4, 0.5) is 5.69 Å². The number of aryl methyl sites for hydroxylation is 1. The molecular formula is C16H28N2O3. The smallest absolute Gasteiger partial charge is 0.142 e. The van der Waals surface area contributed by atoms with Crippen molar-refractivity contribution in [2.75, 3.05) is 38.6 Å². The highest BCUT2D eigenvalue weighted by molar-refractivity contribution is 5.54. The molecule has 1 aromatic carbocycles. The second kappa shape index (κ2) is 9.60. The van der Waals surface area contributed by atoms with Gasteiger partial charge in [0.2, 0.25) is 0 Å². The number of ether oxygens (including phenoxy) is 1. The Morgan fingerprint density at radius 1 is 1.14 bits per heavy atom. The van der Waals surface area contributed by atoms with Gasteiger partial charge in [-0.3, -0.25) is 4.90 Å². The minimum Gasteiger partial charge on any atom is -0.489 e. The van der Waals surface area contributed by atoms with Crippen molar-refractivity contribution in [3.8, 4) is 5.75 Å². The van der Waals surface area contributed by atoms with E-state index in [2.05, 4.69) is 4.90 Å². The van der Waals surface area contributed by atoms with Gasteiger partial charge in [-0.2, -0.15) is 0 Å². The molecule has 4 N–H and O–H groups in total. The van der Waals surface area contributed by atoms with Crippen molar-refractivity contribution >= 4 is 5.69 Å². The second-order valence-corrected chi connectivity index (χ2v) is 5.43. The fraction of sp³-hybridized carbons (Fsp3) is 0.625. The lowest BCUT2D eigenvalue weighted by atomic mass is 10.1. The van der Waals surface area contributed by atoms with Crippen LogP contribution in [0.1, 0.15) is 25.8 Å². The summed E-state index contributed by atoms with van der Waals surface area (Å²) in [6.07, 6.45) is 1.99.